The van der Waals surface area contributed by atoms with Gasteiger partial charge in [0.15, 0.2) is 0 Å². The molecule has 4 rings (SSSR count). The summed E-state index contributed by atoms with van der Waals surface area (Å²) in [5.74, 6) is 0.283. The van der Waals surface area contributed by atoms with Gasteiger partial charge in [0.1, 0.15) is 17.3 Å². The highest BCUT2D eigenvalue weighted by Gasteiger charge is 2.24. The predicted molar refractivity (Wildman–Crippen MR) is 83.7 cm³/mol. The first kappa shape index (κ1) is 14.2. The average Bonchev–Trinajstić information content (AvgIpc) is 2.84. The minimum atomic E-state index is -3.57. The third kappa shape index (κ3) is 2.38. The Morgan fingerprint density at radius 1 is 1.04 bits per heavy atom. The van der Waals surface area contributed by atoms with E-state index in [9.17, 15) is 13.2 Å². The zero-order valence-corrected chi connectivity index (χ0v) is 12.9. The monoisotopic (exact) mass is 330 g/mol. The number of nitrogens with one attached hydrogen (secondary N) is 2. The minimum Gasteiger partial charge on any atom is -0.491 e. The maximum atomic E-state index is 12.3. The highest BCUT2D eigenvalue weighted by atomic mass is 32.2. The molecule has 6 nitrogen and oxygen atoms in total. The third-order valence-corrected chi connectivity index (χ3v) is 5.49. The van der Waals surface area contributed by atoms with Gasteiger partial charge < -0.3 is 10.1 Å². The number of carbonyl (C=O) groups is 1. The summed E-state index contributed by atoms with van der Waals surface area (Å²) in [4.78, 5) is 11.8. The maximum absolute atomic E-state index is 12.3. The summed E-state index contributed by atoms with van der Waals surface area (Å²) >= 11 is 0. The molecule has 2 aromatic rings. The Morgan fingerprint density at radius 2 is 1.83 bits per heavy atom. The molecular weight excluding hydrogens is 316 g/mol. The van der Waals surface area contributed by atoms with Gasteiger partial charge in [0.05, 0.1) is 0 Å². The molecule has 0 bridgehead atoms. The van der Waals surface area contributed by atoms with E-state index in [4.69, 9.17) is 4.74 Å². The van der Waals surface area contributed by atoms with Gasteiger partial charge in [0.2, 0.25) is 10.0 Å². The summed E-state index contributed by atoms with van der Waals surface area (Å²) in [7, 11) is -3.57. The molecule has 0 atom stereocenters. The molecule has 2 aliphatic rings. The third-order valence-electron chi connectivity index (χ3n) is 4.01. The molecule has 2 aromatic carbocycles. The van der Waals surface area contributed by atoms with Crippen LogP contribution in [0.4, 0.5) is 0 Å². The lowest BCUT2D eigenvalue weighted by Crippen LogP contribution is -2.24. The molecule has 0 aliphatic carbocycles. The molecule has 2 N–H and O–H groups in total. The number of amides is 1. The SMILES string of the molecule is O=C1NCc2cc(-c3ccc4c(c3)S(=O)(=O)NCCO4)ccc21. The fraction of sp³-hybridized carbons (Fsp3) is 0.188. The Hall–Kier alpha value is -2.38. The van der Waals surface area contributed by atoms with Crippen LogP contribution >= 0.6 is 0 Å². The van der Waals surface area contributed by atoms with Gasteiger partial charge in [-0.05, 0) is 41.0 Å². The summed E-state index contributed by atoms with van der Waals surface area (Å²) in [5, 5.41) is 2.77. The largest absolute Gasteiger partial charge is 0.491 e. The number of hydrogen-bond acceptors (Lipinski definition) is 4. The molecule has 0 radical (unpaired) electrons. The fourth-order valence-corrected chi connectivity index (χ4v) is 4.02. The van der Waals surface area contributed by atoms with E-state index in [-0.39, 0.29) is 17.3 Å². The van der Waals surface area contributed by atoms with Crippen molar-refractivity contribution in [2.45, 2.75) is 11.4 Å². The van der Waals surface area contributed by atoms with Crippen molar-refractivity contribution in [1.29, 1.82) is 0 Å². The van der Waals surface area contributed by atoms with Crippen molar-refractivity contribution in [3.63, 3.8) is 0 Å². The van der Waals surface area contributed by atoms with Gasteiger partial charge in [-0.2, -0.15) is 0 Å². The van der Waals surface area contributed by atoms with Crippen LogP contribution in [0.2, 0.25) is 0 Å². The summed E-state index contributed by atoms with van der Waals surface area (Å²) in [5.41, 5.74) is 3.21. The normalized spacial score (nSPS) is 18.3. The van der Waals surface area contributed by atoms with Crippen molar-refractivity contribution in [1.82, 2.24) is 10.0 Å². The van der Waals surface area contributed by atoms with E-state index < -0.39 is 10.0 Å². The van der Waals surface area contributed by atoms with E-state index in [2.05, 4.69) is 10.0 Å². The molecule has 0 fully saturated rings. The number of carbonyl (C=O) groups excluding carboxylic acids is 1. The van der Waals surface area contributed by atoms with E-state index in [1.807, 2.05) is 18.2 Å². The van der Waals surface area contributed by atoms with Crippen molar-refractivity contribution >= 4 is 15.9 Å². The second kappa shape index (κ2) is 5.07. The molecule has 0 spiro atoms. The van der Waals surface area contributed by atoms with Crippen LogP contribution in [0.5, 0.6) is 5.75 Å². The van der Waals surface area contributed by atoms with Crippen molar-refractivity contribution in [3.05, 3.63) is 47.5 Å². The van der Waals surface area contributed by atoms with E-state index in [1.165, 1.54) is 0 Å². The van der Waals surface area contributed by atoms with Crippen LogP contribution in [0, 0.1) is 0 Å². The Labute approximate surface area is 133 Å². The van der Waals surface area contributed by atoms with Gasteiger partial charge in [-0.25, -0.2) is 13.1 Å². The number of ether oxygens (including phenoxy) is 1. The number of fused-ring (bicyclic) bond motifs is 2. The van der Waals surface area contributed by atoms with Crippen molar-refractivity contribution in [2.75, 3.05) is 13.2 Å². The van der Waals surface area contributed by atoms with Crippen LogP contribution in [-0.2, 0) is 16.6 Å². The molecular formula is C16H14N2O4S. The number of benzene rings is 2. The molecule has 0 saturated heterocycles. The van der Waals surface area contributed by atoms with Crippen LogP contribution < -0.4 is 14.8 Å². The molecule has 1 amide bonds. The summed E-state index contributed by atoms with van der Waals surface area (Å²) in [6.07, 6.45) is 0. The van der Waals surface area contributed by atoms with E-state index >= 15 is 0 Å². The Balaban J connectivity index is 1.82. The number of hydrogen-bond donors (Lipinski definition) is 2. The van der Waals surface area contributed by atoms with Crippen LogP contribution in [0.1, 0.15) is 15.9 Å². The molecule has 2 heterocycles. The van der Waals surface area contributed by atoms with Crippen molar-refractivity contribution in [3.8, 4) is 16.9 Å². The fourth-order valence-electron chi connectivity index (χ4n) is 2.84. The van der Waals surface area contributed by atoms with Crippen LogP contribution in [-0.4, -0.2) is 27.5 Å². The van der Waals surface area contributed by atoms with E-state index in [0.29, 0.717) is 24.5 Å². The van der Waals surface area contributed by atoms with Crippen molar-refractivity contribution < 1.29 is 17.9 Å². The predicted octanol–water partition coefficient (Wildman–Crippen LogP) is 1.27. The maximum Gasteiger partial charge on any atom is 0.251 e. The highest BCUT2D eigenvalue weighted by molar-refractivity contribution is 7.89. The van der Waals surface area contributed by atoms with E-state index in [1.54, 1.807) is 18.2 Å². The summed E-state index contributed by atoms with van der Waals surface area (Å²) in [6.45, 7) is 1.05. The van der Waals surface area contributed by atoms with Gasteiger partial charge in [-0.3, -0.25) is 4.79 Å². The Kier molecular flexibility index (Phi) is 3.14. The topological polar surface area (TPSA) is 84.5 Å². The standard InChI is InChI=1S/C16H14N2O4S/c19-16-13-3-1-10(7-12(13)9-17-16)11-2-4-14-15(8-11)23(20,21)18-5-6-22-14/h1-4,7-8,18H,5-6,9H2,(H,17,19). The van der Waals surface area contributed by atoms with Gasteiger partial charge >= 0.3 is 0 Å². The lowest BCUT2D eigenvalue weighted by Gasteiger charge is -2.10. The van der Waals surface area contributed by atoms with Gasteiger partial charge in [-0.15, -0.1) is 0 Å². The Bertz CT molecular complexity index is 922. The first-order valence-electron chi connectivity index (χ1n) is 7.23. The van der Waals surface area contributed by atoms with Crippen LogP contribution in [0.25, 0.3) is 11.1 Å². The smallest absolute Gasteiger partial charge is 0.251 e. The van der Waals surface area contributed by atoms with Gasteiger partial charge in [0.25, 0.3) is 5.91 Å². The van der Waals surface area contributed by atoms with Gasteiger partial charge in [-0.1, -0.05) is 12.1 Å². The van der Waals surface area contributed by atoms with Crippen molar-refractivity contribution in [2.24, 2.45) is 0 Å². The Morgan fingerprint density at radius 3 is 2.70 bits per heavy atom. The number of rotatable bonds is 1. The molecule has 7 heteroatoms. The second-order valence-corrected chi connectivity index (χ2v) is 7.20. The molecule has 0 unspecified atom stereocenters. The molecule has 23 heavy (non-hydrogen) atoms. The first-order chi connectivity index (χ1) is 11.0. The zero-order chi connectivity index (χ0) is 16.0. The van der Waals surface area contributed by atoms with E-state index in [0.717, 1.165) is 16.7 Å². The lowest BCUT2D eigenvalue weighted by atomic mass is 10.0. The quantitative estimate of drug-likeness (QED) is 0.825. The number of sulfonamides is 1. The van der Waals surface area contributed by atoms with Crippen LogP contribution in [0.3, 0.4) is 0 Å². The molecule has 0 saturated carbocycles. The van der Waals surface area contributed by atoms with Gasteiger partial charge in [0, 0.05) is 18.7 Å². The average molecular weight is 330 g/mol. The minimum absolute atomic E-state index is 0.0753. The second-order valence-electron chi connectivity index (χ2n) is 5.46. The first-order valence-corrected chi connectivity index (χ1v) is 8.71. The summed E-state index contributed by atoms with van der Waals surface area (Å²) in [6, 6.07) is 10.6. The lowest BCUT2D eigenvalue weighted by molar-refractivity contribution is 0.0965. The highest BCUT2D eigenvalue weighted by Crippen LogP contribution is 2.32. The summed E-state index contributed by atoms with van der Waals surface area (Å²) < 4.78 is 32.5. The zero-order valence-electron chi connectivity index (χ0n) is 12.1. The van der Waals surface area contributed by atoms with Crippen LogP contribution in [0.15, 0.2) is 41.3 Å². The molecule has 118 valence electrons. The molecule has 0 aromatic heterocycles. The molecule has 2 aliphatic heterocycles.